The summed E-state index contributed by atoms with van der Waals surface area (Å²) in [6.45, 7) is 8.00. The fraction of sp³-hybridized carbons (Fsp3) is 0.643. The Balaban J connectivity index is 2.14. The van der Waals surface area contributed by atoms with Crippen LogP contribution in [0, 0.1) is 13.8 Å². The quantitative estimate of drug-likeness (QED) is 0.772. The lowest BCUT2D eigenvalue weighted by molar-refractivity contribution is -0.135. The third kappa shape index (κ3) is 2.38. The van der Waals surface area contributed by atoms with Gasteiger partial charge in [0.1, 0.15) is 6.04 Å². The van der Waals surface area contributed by atoms with Crippen LogP contribution >= 0.6 is 0 Å². The fourth-order valence-corrected chi connectivity index (χ4v) is 2.78. The lowest BCUT2D eigenvalue weighted by Crippen LogP contribution is -2.40. The number of rotatable bonds is 2. The molecule has 2 heterocycles. The minimum atomic E-state index is -0.0666. The molecular weight excluding hydrogens is 212 g/mol. The van der Waals surface area contributed by atoms with Gasteiger partial charge < -0.3 is 9.47 Å². The molecule has 0 aliphatic carbocycles. The van der Waals surface area contributed by atoms with E-state index in [0.29, 0.717) is 0 Å². The molecule has 3 heteroatoms. The number of aromatic nitrogens is 1. The number of hydrogen-bond acceptors (Lipinski definition) is 1. The van der Waals surface area contributed by atoms with Crippen LogP contribution in [-0.2, 0) is 4.79 Å². The zero-order valence-electron chi connectivity index (χ0n) is 11.1. The Morgan fingerprint density at radius 1 is 1.12 bits per heavy atom. The summed E-state index contributed by atoms with van der Waals surface area (Å²) >= 11 is 0. The van der Waals surface area contributed by atoms with E-state index < -0.39 is 0 Å². The van der Waals surface area contributed by atoms with Crippen LogP contribution in [0.4, 0.5) is 0 Å². The first kappa shape index (κ1) is 12.2. The zero-order valence-corrected chi connectivity index (χ0v) is 11.1. The van der Waals surface area contributed by atoms with Gasteiger partial charge in [0.05, 0.1) is 0 Å². The minimum Gasteiger partial charge on any atom is -0.341 e. The first-order valence-electron chi connectivity index (χ1n) is 6.54. The van der Waals surface area contributed by atoms with Gasteiger partial charge in [-0.05, 0) is 52.2 Å². The third-order valence-corrected chi connectivity index (χ3v) is 3.74. The van der Waals surface area contributed by atoms with Crippen LogP contribution in [0.15, 0.2) is 12.1 Å². The number of carbonyl (C=O) groups is 1. The van der Waals surface area contributed by atoms with Crippen LogP contribution in [0.1, 0.15) is 43.6 Å². The van der Waals surface area contributed by atoms with Gasteiger partial charge in [-0.3, -0.25) is 4.79 Å². The Hall–Kier alpha value is -1.25. The van der Waals surface area contributed by atoms with E-state index in [1.807, 2.05) is 11.8 Å². The maximum Gasteiger partial charge on any atom is 0.245 e. The number of hydrogen-bond donors (Lipinski definition) is 0. The van der Waals surface area contributed by atoms with Gasteiger partial charge in [-0.2, -0.15) is 0 Å². The van der Waals surface area contributed by atoms with Crippen LogP contribution < -0.4 is 0 Å². The van der Waals surface area contributed by atoms with E-state index in [1.54, 1.807) is 0 Å². The number of aryl methyl sites for hydroxylation is 2. The van der Waals surface area contributed by atoms with E-state index >= 15 is 0 Å². The number of amides is 1. The molecule has 0 N–H and O–H groups in total. The van der Waals surface area contributed by atoms with E-state index in [4.69, 9.17) is 0 Å². The molecular formula is C14H22N2O. The minimum absolute atomic E-state index is 0.0666. The predicted octanol–water partition coefficient (Wildman–Crippen LogP) is 2.68. The summed E-state index contributed by atoms with van der Waals surface area (Å²) in [5, 5.41) is 0. The van der Waals surface area contributed by atoms with Crippen LogP contribution in [0.2, 0.25) is 0 Å². The van der Waals surface area contributed by atoms with E-state index in [1.165, 1.54) is 17.8 Å². The summed E-state index contributed by atoms with van der Waals surface area (Å²) in [4.78, 5) is 14.4. The van der Waals surface area contributed by atoms with Gasteiger partial charge in [-0.25, -0.2) is 0 Å². The molecule has 1 saturated heterocycles. The highest BCUT2D eigenvalue weighted by molar-refractivity contribution is 5.80. The molecule has 1 aliphatic heterocycles. The topological polar surface area (TPSA) is 25.2 Å². The highest BCUT2D eigenvalue weighted by atomic mass is 16.2. The molecule has 0 spiro atoms. The fourth-order valence-electron chi connectivity index (χ4n) is 2.78. The molecule has 1 aliphatic rings. The molecule has 94 valence electrons. The van der Waals surface area contributed by atoms with E-state index in [-0.39, 0.29) is 11.9 Å². The summed E-state index contributed by atoms with van der Waals surface area (Å²) in [6.07, 6.45) is 3.57. The van der Waals surface area contributed by atoms with Gasteiger partial charge in [0.2, 0.25) is 5.91 Å². The Morgan fingerprint density at radius 2 is 1.65 bits per heavy atom. The van der Waals surface area contributed by atoms with Gasteiger partial charge in [-0.1, -0.05) is 0 Å². The highest BCUT2D eigenvalue weighted by Crippen LogP contribution is 2.20. The van der Waals surface area contributed by atoms with Gasteiger partial charge in [0.25, 0.3) is 0 Å². The molecule has 0 saturated carbocycles. The van der Waals surface area contributed by atoms with Crippen molar-refractivity contribution in [2.45, 2.75) is 46.1 Å². The standard InChI is InChI=1S/C14H22N2O/c1-11-7-8-12(2)16(11)13(3)14(17)15-9-5-4-6-10-15/h7-8,13H,4-6,9-10H2,1-3H3. The first-order valence-corrected chi connectivity index (χ1v) is 6.54. The van der Waals surface area contributed by atoms with Gasteiger partial charge >= 0.3 is 0 Å². The average molecular weight is 234 g/mol. The monoisotopic (exact) mass is 234 g/mol. The van der Waals surface area contributed by atoms with Crippen molar-refractivity contribution in [1.82, 2.24) is 9.47 Å². The molecule has 1 unspecified atom stereocenters. The average Bonchev–Trinajstić information content (AvgIpc) is 2.68. The molecule has 1 aromatic heterocycles. The van der Waals surface area contributed by atoms with Crippen LogP contribution in [-0.4, -0.2) is 28.5 Å². The van der Waals surface area contributed by atoms with E-state index in [2.05, 4.69) is 30.5 Å². The normalized spacial score (nSPS) is 18.2. The number of likely N-dealkylation sites (tertiary alicyclic amines) is 1. The largest absolute Gasteiger partial charge is 0.341 e. The Bertz CT molecular complexity index is 383. The van der Waals surface area contributed by atoms with Crippen LogP contribution in [0.5, 0.6) is 0 Å². The molecule has 0 bridgehead atoms. The van der Waals surface area contributed by atoms with Crippen LogP contribution in [0.3, 0.4) is 0 Å². The molecule has 1 atom stereocenters. The maximum atomic E-state index is 12.4. The lowest BCUT2D eigenvalue weighted by atomic mass is 10.1. The molecule has 1 aromatic rings. The molecule has 3 nitrogen and oxygen atoms in total. The van der Waals surface area contributed by atoms with Crippen molar-refractivity contribution in [2.24, 2.45) is 0 Å². The maximum absolute atomic E-state index is 12.4. The van der Waals surface area contributed by atoms with Crippen molar-refractivity contribution >= 4 is 5.91 Å². The Kier molecular flexibility index (Phi) is 3.55. The van der Waals surface area contributed by atoms with Gasteiger partial charge in [0.15, 0.2) is 0 Å². The van der Waals surface area contributed by atoms with E-state index in [0.717, 1.165) is 25.9 Å². The molecule has 0 radical (unpaired) electrons. The smallest absolute Gasteiger partial charge is 0.245 e. The lowest BCUT2D eigenvalue weighted by Gasteiger charge is -2.30. The highest BCUT2D eigenvalue weighted by Gasteiger charge is 2.24. The Labute approximate surface area is 103 Å². The van der Waals surface area contributed by atoms with Gasteiger partial charge in [0, 0.05) is 24.5 Å². The summed E-state index contributed by atoms with van der Waals surface area (Å²) < 4.78 is 2.14. The number of nitrogens with zero attached hydrogens (tertiary/aromatic N) is 2. The predicted molar refractivity (Wildman–Crippen MR) is 69.0 cm³/mol. The second-order valence-electron chi connectivity index (χ2n) is 5.05. The number of piperidine rings is 1. The van der Waals surface area contributed by atoms with Crippen LogP contribution in [0.25, 0.3) is 0 Å². The summed E-state index contributed by atoms with van der Waals surface area (Å²) in [6, 6.07) is 4.09. The zero-order chi connectivity index (χ0) is 12.4. The summed E-state index contributed by atoms with van der Waals surface area (Å²) in [5.41, 5.74) is 2.33. The van der Waals surface area contributed by atoms with E-state index in [9.17, 15) is 4.79 Å². The molecule has 1 fully saturated rings. The van der Waals surface area contributed by atoms with Crippen molar-refractivity contribution < 1.29 is 4.79 Å². The molecule has 2 rings (SSSR count). The SMILES string of the molecule is Cc1ccc(C)n1C(C)C(=O)N1CCCCC1. The van der Waals surface area contributed by atoms with Crippen molar-refractivity contribution in [2.75, 3.05) is 13.1 Å². The first-order chi connectivity index (χ1) is 8.11. The molecule has 0 aromatic carbocycles. The summed E-state index contributed by atoms with van der Waals surface area (Å²) in [5.74, 6) is 0.270. The second-order valence-corrected chi connectivity index (χ2v) is 5.05. The van der Waals surface area contributed by atoms with Crippen molar-refractivity contribution in [3.8, 4) is 0 Å². The van der Waals surface area contributed by atoms with Crippen molar-refractivity contribution in [3.05, 3.63) is 23.5 Å². The number of carbonyl (C=O) groups excluding carboxylic acids is 1. The molecule has 1 amide bonds. The second kappa shape index (κ2) is 4.94. The van der Waals surface area contributed by atoms with Gasteiger partial charge in [-0.15, -0.1) is 0 Å². The summed E-state index contributed by atoms with van der Waals surface area (Å²) in [7, 11) is 0. The van der Waals surface area contributed by atoms with Crippen molar-refractivity contribution in [3.63, 3.8) is 0 Å². The molecule has 17 heavy (non-hydrogen) atoms. The Morgan fingerprint density at radius 3 is 2.18 bits per heavy atom. The van der Waals surface area contributed by atoms with Crippen molar-refractivity contribution in [1.29, 1.82) is 0 Å². The third-order valence-electron chi connectivity index (χ3n) is 3.74.